The second-order valence-electron chi connectivity index (χ2n) is 4.18. The maximum atomic E-state index is 11.5. The molecule has 0 spiro atoms. The van der Waals surface area contributed by atoms with Crippen LogP contribution >= 0.6 is 11.8 Å². The standard InChI is InChI=1S/C14H21NO3S/c1-3-18-12-4-6-13(7-5-12)19-10-14(17)15-9-8-11(2)16/h4-7,11,16H,3,8-10H2,1-2H3,(H,15,17). The van der Waals surface area contributed by atoms with Crippen molar-refractivity contribution in [2.45, 2.75) is 31.3 Å². The first-order valence-corrected chi connectivity index (χ1v) is 7.40. The molecule has 0 aliphatic heterocycles. The SMILES string of the molecule is CCOc1ccc(SCC(=O)NCCC(C)O)cc1. The van der Waals surface area contributed by atoms with Crippen LogP contribution in [0, 0.1) is 0 Å². The lowest BCUT2D eigenvalue weighted by molar-refractivity contribution is -0.118. The van der Waals surface area contributed by atoms with E-state index in [0.29, 0.717) is 25.3 Å². The minimum Gasteiger partial charge on any atom is -0.494 e. The number of aliphatic hydroxyl groups is 1. The molecule has 1 amide bonds. The number of carbonyl (C=O) groups is 1. The summed E-state index contributed by atoms with van der Waals surface area (Å²) in [7, 11) is 0. The second kappa shape index (κ2) is 8.82. The topological polar surface area (TPSA) is 58.6 Å². The number of ether oxygens (including phenoxy) is 1. The average molecular weight is 283 g/mol. The van der Waals surface area contributed by atoms with E-state index in [1.807, 2.05) is 31.2 Å². The van der Waals surface area contributed by atoms with Gasteiger partial charge in [-0.05, 0) is 44.5 Å². The normalized spacial score (nSPS) is 11.9. The lowest BCUT2D eigenvalue weighted by atomic mass is 10.3. The Bertz CT molecular complexity index is 379. The van der Waals surface area contributed by atoms with Crippen LogP contribution in [0.3, 0.4) is 0 Å². The second-order valence-corrected chi connectivity index (χ2v) is 5.23. The van der Waals surface area contributed by atoms with Crippen LogP contribution in [0.2, 0.25) is 0 Å². The van der Waals surface area contributed by atoms with Gasteiger partial charge in [-0.1, -0.05) is 0 Å². The van der Waals surface area contributed by atoms with Crippen molar-refractivity contribution in [2.24, 2.45) is 0 Å². The first kappa shape index (κ1) is 15.9. The van der Waals surface area contributed by atoms with E-state index < -0.39 is 0 Å². The van der Waals surface area contributed by atoms with Crippen molar-refractivity contribution in [3.05, 3.63) is 24.3 Å². The lowest BCUT2D eigenvalue weighted by Crippen LogP contribution is -2.27. The van der Waals surface area contributed by atoms with Gasteiger partial charge in [0.1, 0.15) is 5.75 Å². The van der Waals surface area contributed by atoms with E-state index in [4.69, 9.17) is 9.84 Å². The summed E-state index contributed by atoms with van der Waals surface area (Å²) in [5.74, 6) is 1.21. The molecule has 0 saturated heterocycles. The fraction of sp³-hybridized carbons (Fsp3) is 0.500. The molecule has 0 saturated carbocycles. The molecule has 106 valence electrons. The zero-order valence-electron chi connectivity index (χ0n) is 11.4. The smallest absolute Gasteiger partial charge is 0.230 e. The quantitative estimate of drug-likeness (QED) is 0.717. The fourth-order valence-electron chi connectivity index (χ4n) is 1.42. The molecule has 1 aromatic carbocycles. The van der Waals surface area contributed by atoms with Gasteiger partial charge in [0.15, 0.2) is 0 Å². The molecular weight excluding hydrogens is 262 g/mol. The van der Waals surface area contributed by atoms with E-state index in [1.54, 1.807) is 6.92 Å². The van der Waals surface area contributed by atoms with Crippen LogP contribution in [0.4, 0.5) is 0 Å². The molecule has 1 rings (SSSR count). The number of thioether (sulfide) groups is 1. The van der Waals surface area contributed by atoms with Crippen LogP contribution in [0.25, 0.3) is 0 Å². The molecule has 5 heteroatoms. The third-order valence-corrected chi connectivity index (χ3v) is 3.40. The molecule has 0 aromatic heterocycles. The van der Waals surface area contributed by atoms with Gasteiger partial charge in [0.05, 0.1) is 18.5 Å². The van der Waals surface area contributed by atoms with Gasteiger partial charge in [0.25, 0.3) is 0 Å². The van der Waals surface area contributed by atoms with Gasteiger partial charge in [0.2, 0.25) is 5.91 Å². The number of aliphatic hydroxyl groups excluding tert-OH is 1. The van der Waals surface area contributed by atoms with E-state index in [1.165, 1.54) is 11.8 Å². The van der Waals surface area contributed by atoms with Crippen LogP contribution in [0.1, 0.15) is 20.3 Å². The number of hydrogen-bond acceptors (Lipinski definition) is 4. The first-order chi connectivity index (χ1) is 9.11. The molecule has 0 radical (unpaired) electrons. The molecule has 4 nitrogen and oxygen atoms in total. The van der Waals surface area contributed by atoms with Crippen LogP contribution in [0.5, 0.6) is 5.75 Å². The molecule has 1 aromatic rings. The van der Waals surface area contributed by atoms with Gasteiger partial charge in [-0.15, -0.1) is 11.8 Å². The molecule has 2 N–H and O–H groups in total. The molecule has 0 fully saturated rings. The average Bonchev–Trinajstić information content (AvgIpc) is 2.38. The highest BCUT2D eigenvalue weighted by Gasteiger charge is 2.03. The van der Waals surface area contributed by atoms with Crippen LogP contribution in [-0.4, -0.2) is 36.0 Å². The summed E-state index contributed by atoms with van der Waals surface area (Å²) >= 11 is 1.48. The number of nitrogens with one attached hydrogen (secondary N) is 1. The highest BCUT2D eigenvalue weighted by Crippen LogP contribution is 2.21. The molecular formula is C14H21NO3S. The number of amides is 1. The maximum Gasteiger partial charge on any atom is 0.230 e. The predicted octanol–water partition coefficient (Wildman–Crippen LogP) is 2.06. The molecule has 0 aliphatic rings. The van der Waals surface area contributed by atoms with Crippen molar-refractivity contribution >= 4 is 17.7 Å². The Kier molecular flexibility index (Phi) is 7.36. The van der Waals surface area contributed by atoms with Crippen molar-refractivity contribution in [2.75, 3.05) is 18.9 Å². The fourth-order valence-corrected chi connectivity index (χ4v) is 2.15. The molecule has 0 bridgehead atoms. The predicted molar refractivity (Wildman–Crippen MR) is 77.6 cm³/mol. The van der Waals surface area contributed by atoms with E-state index in [2.05, 4.69) is 5.32 Å². The van der Waals surface area contributed by atoms with Crippen molar-refractivity contribution in [1.82, 2.24) is 5.32 Å². The summed E-state index contributed by atoms with van der Waals surface area (Å²) in [5, 5.41) is 11.8. The summed E-state index contributed by atoms with van der Waals surface area (Å²) in [6, 6.07) is 7.69. The van der Waals surface area contributed by atoms with Gasteiger partial charge < -0.3 is 15.2 Å². The van der Waals surface area contributed by atoms with Gasteiger partial charge in [-0.2, -0.15) is 0 Å². The first-order valence-electron chi connectivity index (χ1n) is 6.42. The van der Waals surface area contributed by atoms with Gasteiger partial charge in [-0.3, -0.25) is 4.79 Å². The highest BCUT2D eigenvalue weighted by molar-refractivity contribution is 8.00. The number of rotatable bonds is 8. The molecule has 0 aliphatic carbocycles. The minimum atomic E-state index is -0.376. The summed E-state index contributed by atoms with van der Waals surface area (Å²) in [6.45, 7) is 4.82. The van der Waals surface area contributed by atoms with E-state index in [0.717, 1.165) is 10.6 Å². The van der Waals surface area contributed by atoms with Crippen LogP contribution in [0.15, 0.2) is 29.2 Å². The Balaban J connectivity index is 2.25. The van der Waals surface area contributed by atoms with E-state index in [-0.39, 0.29) is 12.0 Å². The Hall–Kier alpha value is -1.20. The third-order valence-electron chi connectivity index (χ3n) is 2.39. The van der Waals surface area contributed by atoms with E-state index >= 15 is 0 Å². The maximum absolute atomic E-state index is 11.5. The number of hydrogen-bond donors (Lipinski definition) is 2. The Morgan fingerprint density at radius 2 is 2.11 bits per heavy atom. The molecule has 1 unspecified atom stereocenters. The van der Waals surface area contributed by atoms with Crippen molar-refractivity contribution in [3.63, 3.8) is 0 Å². The van der Waals surface area contributed by atoms with Crippen molar-refractivity contribution in [3.8, 4) is 5.75 Å². The minimum absolute atomic E-state index is 0.0143. The Morgan fingerprint density at radius 1 is 1.42 bits per heavy atom. The van der Waals surface area contributed by atoms with Gasteiger partial charge >= 0.3 is 0 Å². The zero-order valence-corrected chi connectivity index (χ0v) is 12.2. The summed E-state index contributed by atoms with van der Waals surface area (Å²) in [6.07, 6.45) is 0.207. The monoisotopic (exact) mass is 283 g/mol. The highest BCUT2D eigenvalue weighted by atomic mass is 32.2. The zero-order chi connectivity index (χ0) is 14.1. The lowest BCUT2D eigenvalue weighted by Gasteiger charge is -2.07. The van der Waals surface area contributed by atoms with Crippen LogP contribution in [-0.2, 0) is 4.79 Å². The van der Waals surface area contributed by atoms with Gasteiger partial charge in [-0.25, -0.2) is 0 Å². The Morgan fingerprint density at radius 3 is 2.68 bits per heavy atom. The molecule has 1 atom stereocenters. The largest absolute Gasteiger partial charge is 0.494 e. The van der Waals surface area contributed by atoms with Crippen molar-refractivity contribution < 1.29 is 14.6 Å². The van der Waals surface area contributed by atoms with Crippen LogP contribution < -0.4 is 10.1 Å². The summed E-state index contributed by atoms with van der Waals surface area (Å²) in [4.78, 5) is 12.6. The molecule has 19 heavy (non-hydrogen) atoms. The number of carbonyl (C=O) groups excluding carboxylic acids is 1. The van der Waals surface area contributed by atoms with Gasteiger partial charge in [0, 0.05) is 11.4 Å². The van der Waals surface area contributed by atoms with Crippen molar-refractivity contribution in [1.29, 1.82) is 0 Å². The Labute approximate surface area is 118 Å². The summed E-state index contributed by atoms with van der Waals surface area (Å²) in [5.41, 5.74) is 0. The third kappa shape index (κ3) is 7.08. The molecule has 0 heterocycles. The summed E-state index contributed by atoms with van der Waals surface area (Å²) < 4.78 is 5.35. The van der Waals surface area contributed by atoms with E-state index in [9.17, 15) is 4.79 Å². The number of benzene rings is 1.